The Balaban J connectivity index is 1.59. The maximum absolute atomic E-state index is 13.5. The van der Waals surface area contributed by atoms with Gasteiger partial charge in [0.05, 0.1) is 17.9 Å². The molecular formula is C28H27F3N2O2. The molecule has 4 rings (SSSR count). The second-order valence-electron chi connectivity index (χ2n) is 8.98. The maximum atomic E-state index is 13.5. The second-order valence-corrected chi connectivity index (χ2v) is 8.98. The van der Waals surface area contributed by atoms with E-state index in [1.807, 2.05) is 60.7 Å². The first-order valence-electron chi connectivity index (χ1n) is 11.5. The minimum absolute atomic E-state index is 0.144. The lowest BCUT2D eigenvalue weighted by Crippen LogP contribution is -2.37. The Hall–Kier alpha value is -3.61. The van der Waals surface area contributed by atoms with Crippen molar-refractivity contribution in [2.45, 2.75) is 25.1 Å². The molecule has 0 spiro atoms. The molecule has 0 aromatic heterocycles. The lowest BCUT2D eigenvalue weighted by molar-refractivity contribution is -0.137. The number of nitrogens with zero attached hydrogens (tertiary/aromatic N) is 2. The fraction of sp³-hybridized carbons (Fsp3) is 0.286. The molecule has 0 aliphatic carbocycles. The van der Waals surface area contributed by atoms with Crippen LogP contribution in [0.3, 0.4) is 0 Å². The molecule has 3 aromatic carbocycles. The smallest absolute Gasteiger partial charge is 0.341 e. The van der Waals surface area contributed by atoms with Gasteiger partial charge in [-0.1, -0.05) is 78.9 Å². The molecule has 2 unspecified atom stereocenters. The van der Waals surface area contributed by atoms with Gasteiger partial charge in [0.2, 0.25) is 11.8 Å². The third-order valence-electron chi connectivity index (χ3n) is 6.47. The summed E-state index contributed by atoms with van der Waals surface area (Å²) in [7, 11) is 1.69. The minimum atomic E-state index is -4.49. The zero-order valence-electron chi connectivity index (χ0n) is 19.4. The van der Waals surface area contributed by atoms with Crippen LogP contribution in [0.1, 0.15) is 28.2 Å². The molecule has 0 saturated carbocycles. The normalized spacial score (nSPS) is 17.9. The largest absolute Gasteiger partial charge is 0.416 e. The highest BCUT2D eigenvalue weighted by molar-refractivity contribution is 5.84. The van der Waals surface area contributed by atoms with Crippen molar-refractivity contribution in [3.8, 4) is 0 Å². The molecule has 3 aromatic rings. The van der Waals surface area contributed by atoms with Crippen LogP contribution in [0.2, 0.25) is 0 Å². The van der Waals surface area contributed by atoms with E-state index in [1.165, 1.54) is 6.07 Å². The number of carbonyl (C=O) groups is 2. The fourth-order valence-electron chi connectivity index (χ4n) is 4.64. The van der Waals surface area contributed by atoms with Gasteiger partial charge in [-0.3, -0.25) is 9.59 Å². The van der Waals surface area contributed by atoms with Gasteiger partial charge >= 0.3 is 6.18 Å². The van der Waals surface area contributed by atoms with Crippen LogP contribution in [-0.4, -0.2) is 41.8 Å². The minimum Gasteiger partial charge on any atom is -0.341 e. The number of carbonyl (C=O) groups excluding carboxylic acids is 2. The van der Waals surface area contributed by atoms with Gasteiger partial charge in [0.1, 0.15) is 0 Å². The standard InChI is InChI=1S/C28H27F3N2O2/c1-32(17-21-11-6-3-7-12-21)27(35)25-19-33(26(34)15-20-9-4-2-5-10-20)18-24(25)22-13-8-14-23(16-22)28(29,30)31/h2-14,16,24-25H,15,17-19H2,1H3. The first-order chi connectivity index (χ1) is 16.7. The molecule has 1 aliphatic rings. The topological polar surface area (TPSA) is 40.6 Å². The van der Waals surface area contributed by atoms with E-state index in [0.29, 0.717) is 12.1 Å². The summed E-state index contributed by atoms with van der Waals surface area (Å²) in [5.41, 5.74) is 1.47. The zero-order chi connectivity index (χ0) is 25.0. The van der Waals surface area contributed by atoms with Crippen LogP contribution in [0.15, 0.2) is 84.9 Å². The average molecular weight is 481 g/mol. The average Bonchev–Trinajstić information content (AvgIpc) is 3.30. The van der Waals surface area contributed by atoms with Gasteiger partial charge in [-0.2, -0.15) is 13.2 Å². The van der Waals surface area contributed by atoms with Crippen molar-refractivity contribution >= 4 is 11.8 Å². The van der Waals surface area contributed by atoms with E-state index in [9.17, 15) is 22.8 Å². The lowest BCUT2D eigenvalue weighted by atomic mass is 9.87. The highest BCUT2D eigenvalue weighted by atomic mass is 19.4. The Morgan fingerprint density at radius 1 is 0.886 bits per heavy atom. The summed E-state index contributed by atoms with van der Waals surface area (Å²) in [6.45, 7) is 0.747. The van der Waals surface area contributed by atoms with Crippen LogP contribution in [0, 0.1) is 5.92 Å². The SMILES string of the molecule is CN(Cc1ccccc1)C(=O)C1CN(C(=O)Cc2ccccc2)CC1c1cccc(C(F)(F)F)c1. The van der Waals surface area contributed by atoms with E-state index in [1.54, 1.807) is 22.9 Å². The molecule has 1 fully saturated rings. The monoisotopic (exact) mass is 480 g/mol. The maximum Gasteiger partial charge on any atom is 0.416 e. The van der Waals surface area contributed by atoms with Gasteiger partial charge in [0.25, 0.3) is 0 Å². The summed E-state index contributed by atoms with van der Waals surface area (Å²) in [5.74, 6) is -1.49. The summed E-state index contributed by atoms with van der Waals surface area (Å²) in [5, 5.41) is 0. The van der Waals surface area contributed by atoms with E-state index in [4.69, 9.17) is 0 Å². The molecule has 0 radical (unpaired) electrons. The molecule has 0 N–H and O–H groups in total. The number of likely N-dealkylation sites (tertiary alicyclic amines) is 1. The molecule has 2 atom stereocenters. The van der Waals surface area contributed by atoms with Crippen LogP contribution < -0.4 is 0 Å². The lowest BCUT2D eigenvalue weighted by Gasteiger charge is -2.25. The molecule has 1 saturated heterocycles. The Morgan fingerprint density at radius 3 is 2.14 bits per heavy atom. The molecule has 0 bridgehead atoms. The molecular weight excluding hydrogens is 453 g/mol. The van der Waals surface area contributed by atoms with Crippen LogP contribution in [0.4, 0.5) is 13.2 Å². The highest BCUT2D eigenvalue weighted by Crippen LogP contribution is 2.37. The van der Waals surface area contributed by atoms with Gasteiger partial charge in [-0.25, -0.2) is 0 Å². The number of hydrogen-bond acceptors (Lipinski definition) is 2. The summed E-state index contributed by atoms with van der Waals surface area (Å²) >= 11 is 0. The quantitative estimate of drug-likeness (QED) is 0.490. The molecule has 1 aliphatic heterocycles. The van der Waals surface area contributed by atoms with Crippen LogP contribution in [0.5, 0.6) is 0 Å². The van der Waals surface area contributed by atoms with Crippen molar-refractivity contribution in [3.63, 3.8) is 0 Å². The first-order valence-corrected chi connectivity index (χ1v) is 11.5. The van der Waals surface area contributed by atoms with Crippen LogP contribution >= 0.6 is 0 Å². The zero-order valence-corrected chi connectivity index (χ0v) is 19.4. The predicted octanol–water partition coefficient (Wildman–Crippen LogP) is 5.15. The van der Waals surface area contributed by atoms with Crippen molar-refractivity contribution in [1.82, 2.24) is 9.80 Å². The van der Waals surface area contributed by atoms with Crippen molar-refractivity contribution in [3.05, 3.63) is 107 Å². The summed E-state index contributed by atoms with van der Waals surface area (Å²) < 4.78 is 40.2. The summed E-state index contributed by atoms with van der Waals surface area (Å²) in [4.78, 5) is 29.8. The molecule has 1 heterocycles. The third kappa shape index (κ3) is 5.91. The number of rotatable bonds is 6. The molecule has 7 heteroatoms. The second kappa shape index (κ2) is 10.3. The van der Waals surface area contributed by atoms with E-state index >= 15 is 0 Å². The van der Waals surface area contributed by atoms with Gasteiger partial charge in [0, 0.05) is 32.6 Å². The van der Waals surface area contributed by atoms with Gasteiger partial charge in [-0.05, 0) is 22.8 Å². The van der Waals surface area contributed by atoms with Gasteiger partial charge in [0.15, 0.2) is 0 Å². The molecule has 182 valence electrons. The Morgan fingerprint density at radius 2 is 1.51 bits per heavy atom. The van der Waals surface area contributed by atoms with E-state index in [2.05, 4.69) is 0 Å². The number of benzene rings is 3. The fourth-order valence-corrected chi connectivity index (χ4v) is 4.64. The Kier molecular flexibility index (Phi) is 7.24. The van der Waals surface area contributed by atoms with Crippen molar-refractivity contribution in [1.29, 1.82) is 0 Å². The van der Waals surface area contributed by atoms with Crippen LogP contribution in [-0.2, 0) is 28.7 Å². The third-order valence-corrected chi connectivity index (χ3v) is 6.47. The highest BCUT2D eigenvalue weighted by Gasteiger charge is 2.42. The first kappa shape index (κ1) is 24.5. The van der Waals surface area contributed by atoms with Crippen molar-refractivity contribution in [2.75, 3.05) is 20.1 Å². The van der Waals surface area contributed by atoms with E-state index in [0.717, 1.165) is 23.3 Å². The summed E-state index contributed by atoms with van der Waals surface area (Å²) in [6, 6.07) is 23.9. The summed E-state index contributed by atoms with van der Waals surface area (Å²) in [6.07, 6.45) is -4.31. The molecule has 2 amide bonds. The number of amides is 2. The number of halogens is 3. The van der Waals surface area contributed by atoms with Crippen LogP contribution in [0.25, 0.3) is 0 Å². The van der Waals surface area contributed by atoms with E-state index < -0.39 is 23.6 Å². The van der Waals surface area contributed by atoms with Gasteiger partial charge in [-0.15, -0.1) is 0 Å². The van der Waals surface area contributed by atoms with E-state index in [-0.39, 0.29) is 31.3 Å². The number of hydrogen-bond donors (Lipinski definition) is 0. The predicted molar refractivity (Wildman–Crippen MR) is 127 cm³/mol. The molecule has 4 nitrogen and oxygen atoms in total. The number of alkyl halides is 3. The van der Waals surface area contributed by atoms with Crippen molar-refractivity contribution in [2.24, 2.45) is 5.92 Å². The van der Waals surface area contributed by atoms with Crippen molar-refractivity contribution < 1.29 is 22.8 Å². The Labute approximate surface area is 203 Å². The Bertz CT molecular complexity index is 1170. The molecule has 35 heavy (non-hydrogen) atoms. The van der Waals surface area contributed by atoms with Gasteiger partial charge < -0.3 is 9.80 Å².